The Labute approximate surface area is 73.3 Å². The van der Waals surface area contributed by atoms with Crippen LogP contribution in [0, 0.1) is 11.8 Å². The number of carbonyl (C=O) groups is 1. The van der Waals surface area contributed by atoms with E-state index in [1.807, 2.05) is 0 Å². The average Bonchev–Trinajstić information content (AvgIpc) is 2.03. The number of carbonyl (C=O) groups excluding carboxylic acids is 1. The molecule has 68 valence electrons. The summed E-state index contributed by atoms with van der Waals surface area (Å²) in [5, 5.41) is 9.61. The summed E-state index contributed by atoms with van der Waals surface area (Å²) in [5.41, 5.74) is 0.749. The topological polar surface area (TPSA) is 37.3 Å². The van der Waals surface area contributed by atoms with E-state index in [4.69, 9.17) is 0 Å². The maximum Gasteiger partial charge on any atom is 0.145 e. The third-order valence-electron chi connectivity index (χ3n) is 2.60. The second kappa shape index (κ2) is 3.85. The molecular weight excluding hydrogens is 152 g/mol. The largest absolute Gasteiger partial charge is 0.389 e. The molecule has 12 heavy (non-hydrogen) atoms. The van der Waals surface area contributed by atoms with E-state index in [1.165, 1.54) is 0 Å². The van der Waals surface area contributed by atoms with Gasteiger partial charge in [0.25, 0.3) is 0 Å². The summed E-state index contributed by atoms with van der Waals surface area (Å²) in [6.45, 7) is 4.21. The molecule has 1 N–H and O–H groups in total. The molecule has 0 fully saturated rings. The number of aliphatic hydroxyl groups excluding tert-OH is 1. The minimum absolute atomic E-state index is 0.327. The molecule has 0 aliphatic heterocycles. The first-order chi connectivity index (χ1) is 5.65. The van der Waals surface area contributed by atoms with Crippen LogP contribution in [0.2, 0.25) is 0 Å². The van der Waals surface area contributed by atoms with E-state index in [0.29, 0.717) is 11.8 Å². The molecule has 0 bridgehead atoms. The SMILES string of the molecule is CC(C)[C@H]1CCC(C=O)=C[C@@H]1O. The lowest BCUT2D eigenvalue weighted by molar-refractivity contribution is -0.105. The van der Waals surface area contributed by atoms with Gasteiger partial charge in [-0.25, -0.2) is 0 Å². The molecule has 2 heteroatoms. The van der Waals surface area contributed by atoms with E-state index in [0.717, 1.165) is 24.7 Å². The Kier molecular flexibility index (Phi) is 3.04. The summed E-state index contributed by atoms with van der Waals surface area (Å²) >= 11 is 0. The number of hydrogen-bond acceptors (Lipinski definition) is 2. The molecule has 1 aliphatic carbocycles. The van der Waals surface area contributed by atoms with Crippen molar-refractivity contribution in [2.75, 3.05) is 0 Å². The van der Waals surface area contributed by atoms with Crippen molar-refractivity contribution in [2.45, 2.75) is 32.8 Å². The van der Waals surface area contributed by atoms with Gasteiger partial charge in [-0.1, -0.05) is 13.8 Å². The quantitative estimate of drug-likeness (QED) is 0.635. The predicted molar refractivity (Wildman–Crippen MR) is 47.7 cm³/mol. The van der Waals surface area contributed by atoms with Crippen molar-refractivity contribution in [1.82, 2.24) is 0 Å². The fraction of sp³-hybridized carbons (Fsp3) is 0.700. The highest BCUT2D eigenvalue weighted by atomic mass is 16.3. The Balaban J connectivity index is 2.66. The van der Waals surface area contributed by atoms with Crippen LogP contribution in [0.5, 0.6) is 0 Å². The highest BCUT2D eigenvalue weighted by Crippen LogP contribution is 2.28. The van der Waals surface area contributed by atoms with Crippen molar-refractivity contribution < 1.29 is 9.90 Å². The van der Waals surface area contributed by atoms with E-state index in [-0.39, 0.29) is 0 Å². The van der Waals surface area contributed by atoms with Gasteiger partial charge in [-0.2, -0.15) is 0 Å². The Hall–Kier alpha value is -0.630. The van der Waals surface area contributed by atoms with Gasteiger partial charge in [0.1, 0.15) is 6.29 Å². The smallest absolute Gasteiger partial charge is 0.145 e. The van der Waals surface area contributed by atoms with E-state index < -0.39 is 6.10 Å². The van der Waals surface area contributed by atoms with Gasteiger partial charge in [0.05, 0.1) is 6.10 Å². The molecule has 1 rings (SSSR count). The van der Waals surface area contributed by atoms with E-state index in [2.05, 4.69) is 13.8 Å². The fourth-order valence-corrected chi connectivity index (χ4v) is 1.76. The molecule has 2 nitrogen and oxygen atoms in total. The average molecular weight is 168 g/mol. The molecule has 1 aliphatic rings. The van der Waals surface area contributed by atoms with Crippen LogP contribution in [0.1, 0.15) is 26.7 Å². The van der Waals surface area contributed by atoms with Gasteiger partial charge < -0.3 is 5.11 Å². The lowest BCUT2D eigenvalue weighted by Crippen LogP contribution is -2.27. The molecule has 0 spiro atoms. The first kappa shape index (κ1) is 9.46. The third-order valence-corrected chi connectivity index (χ3v) is 2.60. The number of allylic oxidation sites excluding steroid dienone is 1. The normalized spacial score (nSPS) is 30.2. The third kappa shape index (κ3) is 1.95. The Morgan fingerprint density at radius 3 is 2.75 bits per heavy atom. The molecule has 0 saturated carbocycles. The Morgan fingerprint density at radius 2 is 2.33 bits per heavy atom. The van der Waals surface area contributed by atoms with Crippen LogP contribution in [0.3, 0.4) is 0 Å². The fourth-order valence-electron chi connectivity index (χ4n) is 1.76. The Bertz CT molecular complexity index is 194. The molecule has 0 amide bonds. The Morgan fingerprint density at radius 1 is 1.67 bits per heavy atom. The standard InChI is InChI=1S/C10H16O2/c1-7(2)9-4-3-8(6-11)5-10(9)12/h5-7,9-10,12H,3-4H2,1-2H3/t9-,10+/m1/s1. The molecule has 0 radical (unpaired) electrons. The van der Waals surface area contributed by atoms with Gasteiger partial charge in [-0.3, -0.25) is 4.79 Å². The van der Waals surface area contributed by atoms with Crippen LogP contribution in [0.15, 0.2) is 11.6 Å². The monoisotopic (exact) mass is 168 g/mol. The zero-order chi connectivity index (χ0) is 9.14. The maximum absolute atomic E-state index is 10.4. The van der Waals surface area contributed by atoms with Gasteiger partial charge in [0, 0.05) is 0 Å². The highest BCUT2D eigenvalue weighted by Gasteiger charge is 2.24. The summed E-state index contributed by atoms with van der Waals surface area (Å²) in [4.78, 5) is 10.4. The highest BCUT2D eigenvalue weighted by molar-refractivity contribution is 5.73. The van der Waals surface area contributed by atoms with Crippen LogP contribution >= 0.6 is 0 Å². The van der Waals surface area contributed by atoms with Crippen molar-refractivity contribution in [3.63, 3.8) is 0 Å². The van der Waals surface area contributed by atoms with Crippen LogP contribution < -0.4 is 0 Å². The number of hydrogen-bond donors (Lipinski definition) is 1. The molecule has 0 aromatic carbocycles. The minimum atomic E-state index is -0.418. The van der Waals surface area contributed by atoms with Gasteiger partial charge >= 0.3 is 0 Å². The lowest BCUT2D eigenvalue weighted by Gasteiger charge is -2.28. The number of aldehydes is 1. The van der Waals surface area contributed by atoms with Crippen molar-refractivity contribution in [2.24, 2.45) is 11.8 Å². The summed E-state index contributed by atoms with van der Waals surface area (Å²) < 4.78 is 0. The molecule has 0 aromatic heterocycles. The van der Waals surface area contributed by atoms with E-state index in [9.17, 15) is 9.90 Å². The predicted octanol–water partition coefficient (Wildman–Crippen LogP) is 1.54. The summed E-state index contributed by atoms with van der Waals surface area (Å²) in [6, 6.07) is 0. The van der Waals surface area contributed by atoms with E-state index >= 15 is 0 Å². The van der Waals surface area contributed by atoms with Gasteiger partial charge in [0.2, 0.25) is 0 Å². The van der Waals surface area contributed by atoms with Gasteiger partial charge in [0.15, 0.2) is 0 Å². The van der Waals surface area contributed by atoms with Crippen LogP contribution in [-0.4, -0.2) is 17.5 Å². The number of rotatable bonds is 2. The van der Waals surface area contributed by atoms with Gasteiger partial charge in [-0.05, 0) is 36.3 Å². The first-order valence-corrected chi connectivity index (χ1v) is 4.49. The first-order valence-electron chi connectivity index (χ1n) is 4.49. The van der Waals surface area contributed by atoms with Crippen molar-refractivity contribution in [3.05, 3.63) is 11.6 Å². The van der Waals surface area contributed by atoms with Gasteiger partial charge in [-0.15, -0.1) is 0 Å². The van der Waals surface area contributed by atoms with Crippen LogP contribution in [-0.2, 0) is 4.79 Å². The second-order valence-corrected chi connectivity index (χ2v) is 3.80. The zero-order valence-electron chi connectivity index (χ0n) is 7.66. The van der Waals surface area contributed by atoms with Crippen LogP contribution in [0.25, 0.3) is 0 Å². The number of aliphatic hydroxyl groups is 1. The van der Waals surface area contributed by atoms with Crippen LogP contribution in [0.4, 0.5) is 0 Å². The molecule has 0 saturated heterocycles. The molecule has 2 atom stereocenters. The summed E-state index contributed by atoms with van der Waals surface area (Å²) in [6.07, 6.45) is 3.88. The zero-order valence-corrected chi connectivity index (χ0v) is 7.66. The van der Waals surface area contributed by atoms with Crippen molar-refractivity contribution >= 4 is 6.29 Å². The van der Waals surface area contributed by atoms with Crippen molar-refractivity contribution in [3.8, 4) is 0 Å². The maximum atomic E-state index is 10.4. The molecular formula is C10H16O2. The molecule has 0 heterocycles. The molecule has 0 unspecified atom stereocenters. The minimum Gasteiger partial charge on any atom is -0.389 e. The lowest BCUT2D eigenvalue weighted by atomic mass is 9.81. The summed E-state index contributed by atoms with van der Waals surface area (Å²) in [7, 11) is 0. The van der Waals surface area contributed by atoms with E-state index in [1.54, 1.807) is 6.08 Å². The summed E-state index contributed by atoms with van der Waals surface area (Å²) in [5.74, 6) is 0.818. The van der Waals surface area contributed by atoms with Crippen molar-refractivity contribution in [1.29, 1.82) is 0 Å². The second-order valence-electron chi connectivity index (χ2n) is 3.80. The molecule has 0 aromatic rings.